The minimum absolute atomic E-state index is 0.0705. The highest BCUT2D eigenvalue weighted by Crippen LogP contribution is 2.21. The van der Waals surface area contributed by atoms with E-state index in [4.69, 9.17) is 6.42 Å². The Bertz CT molecular complexity index is 438. The average Bonchev–Trinajstić information content (AvgIpc) is 2.32. The topological polar surface area (TPSA) is 29.1 Å². The molecular weight excluding hydrogens is 346 g/mol. The van der Waals surface area contributed by atoms with Crippen molar-refractivity contribution in [3.63, 3.8) is 0 Å². The first-order valence-electron chi connectivity index (χ1n) is 5.32. The van der Waals surface area contributed by atoms with Gasteiger partial charge >= 0.3 is 0 Å². The molecule has 4 heteroatoms. The molecule has 2 nitrogen and oxygen atoms in total. The third kappa shape index (κ3) is 4.93. The van der Waals surface area contributed by atoms with Crippen LogP contribution in [-0.2, 0) is 0 Å². The van der Waals surface area contributed by atoms with Crippen LogP contribution in [-0.4, -0.2) is 12.5 Å². The van der Waals surface area contributed by atoms with Gasteiger partial charge in [0.1, 0.15) is 0 Å². The summed E-state index contributed by atoms with van der Waals surface area (Å²) in [6.07, 6.45) is 7.75. The standard InChI is InChI=1S/C13H13Br2NO/c1-2-3-4-5-8-16-13(17)11-9-10(14)6-7-12(11)15/h1,6-7,9H,3-5,8H2,(H,16,17). The second kappa shape index (κ2) is 7.52. The molecular formula is C13H13Br2NO. The van der Waals surface area contributed by atoms with Gasteiger partial charge in [0.25, 0.3) is 5.91 Å². The summed E-state index contributed by atoms with van der Waals surface area (Å²) in [5.41, 5.74) is 0.635. The van der Waals surface area contributed by atoms with Crippen LogP contribution in [0.4, 0.5) is 0 Å². The Labute approximate surface area is 118 Å². The third-order valence-electron chi connectivity index (χ3n) is 2.21. The fourth-order valence-electron chi connectivity index (χ4n) is 1.32. The molecule has 0 spiro atoms. The minimum Gasteiger partial charge on any atom is -0.352 e. The number of carbonyl (C=O) groups excluding carboxylic acids is 1. The van der Waals surface area contributed by atoms with Crippen LogP contribution in [0.25, 0.3) is 0 Å². The predicted molar refractivity (Wildman–Crippen MR) is 76.9 cm³/mol. The number of amides is 1. The van der Waals surface area contributed by atoms with Gasteiger partial charge in [-0.05, 0) is 47.0 Å². The summed E-state index contributed by atoms with van der Waals surface area (Å²) in [6, 6.07) is 5.52. The van der Waals surface area contributed by atoms with Gasteiger partial charge in [0.2, 0.25) is 0 Å². The van der Waals surface area contributed by atoms with Crippen LogP contribution in [0.5, 0.6) is 0 Å². The number of halogens is 2. The van der Waals surface area contributed by atoms with E-state index in [0.29, 0.717) is 12.1 Å². The molecule has 0 heterocycles. The Morgan fingerprint density at radius 1 is 1.35 bits per heavy atom. The monoisotopic (exact) mass is 357 g/mol. The quantitative estimate of drug-likeness (QED) is 0.630. The van der Waals surface area contributed by atoms with Crippen molar-refractivity contribution in [1.29, 1.82) is 0 Å². The molecule has 0 radical (unpaired) electrons. The molecule has 1 N–H and O–H groups in total. The predicted octanol–water partition coefficient (Wildman–Crippen LogP) is 3.74. The van der Waals surface area contributed by atoms with Crippen molar-refractivity contribution in [2.45, 2.75) is 19.3 Å². The Balaban J connectivity index is 2.47. The summed E-state index contributed by atoms with van der Waals surface area (Å²) in [7, 11) is 0. The van der Waals surface area contributed by atoms with Gasteiger partial charge < -0.3 is 5.32 Å². The van der Waals surface area contributed by atoms with Crippen LogP contribution in [0.2, 0.25) is 0 Å². The molecule has 1 aromatic rings. The number of nitrogens with one attached hydrogen (secondary N) is 1. The van der Waals surface area contributed by atoms with Crippen LogP contribution in [0.3, 0.4) is 0 Å². The Morgan fingerprint density at radius 2 is 2.12 bits per heavy atom. The lowest BCUT2D eigenvalue weighted by atomic mass is 10.2. The molecule has 0 aliphatic heterocycles. The fraction of sp³-hybridized carbons (Fsp3) is 0.308. The Kier molecular flexibility index (Phi) is 6.31. The average molecular weight is 359 g/mol. The van der Waals surface area contributed by atoms with Crippen LogP contribution >= 0.6 is 31.9 Å². The van der Waals surface area contributed by atoms with Crippen molar-refractivity contribution < 1.29 is 4.79 Å². The fourth-order valence-corrected chi connectivity index (χ4v) is 2.11. The number of benzene rings is 1. The van der Waals surface area contributed by atoms with Crippen LogP contribution < -0.4 is 5.32 Å². The normalized spacial score (nSPS) is 9.71. The van der Waals surface area contributed by atoms with E-state index < -0.39 is 0 Å². The largest absolute Gasteiger partial charge is 0.352 e. The van der Waals surface area contributed by atoms with Gasteiger partial charge in [-0.25, -0.2) is 0 Å². The summed E-state index contributed by atoms with van der Waals surface area (Å²) < 4.78 is 1.68. The zero-order chi connectivity index (χ0) is 12.7. The van der Waals surface area contributed by atoms with E-state index in [1.165, 1.54) is 0 Å². The first kappa shape index (κ1) is 14.3. The molecule has 17 heavy (non-hydrogen) atoms. The number of carbonyl (C=O) groups is 1. The maximum absolute atomic E-state index is 11.8. The molecule has 0 saturated heterocycles. The van der Waals surface area contributed by atoms with Crippen molar-refractivity contribution in [3.8, 4) is 12.3 Å². The summed E-state index contributed by atoms with van der Waals surface area (Å²) in [5, 5.41) is 2.87. The second-order valence-corrected chi connectivity index (χ2v) is 5.31. The SMILES string of the molecule is C#CCCCCNC(=O)c1cc(Br)ccc1Br. The van der Waals surface area contributed by atoms with E-state index in [1.54, 1.807) is 6.07 Å². The second-order valence-electron chi connectivity index (χ2n) is 3.54. The minimum atomic E-state index is -0.0705. The molecule has 0 aliphatic carbocycles. The molecule has 0 atom stereocenters. The number of hydrogen-bond donors (Lipinski definition) is 1. The van der Waals surface area contributed by atoms with Gasteiger partial charge in [-0.2, -0.15) is 0 Å². The highest BCUT2D eigenvalue weighted by molar-refractivity contribution is 9.11. The van der Waals surface area contributed by atoms with Crippen molar-refractivity contribution >= 4 is 37.8 Å². The van der Waals surface area contributed by atoms with Crippen LogP contribution in [0.15, 0.2) is 27.1 Å². The van der Waals surface area contributed by atoms with Gasteiger partial charge in [-0.3, -0.25) is 4.79 Å². The highest BCUT2D eigenvalue weighted by Gasteiger charge is 2.09. The first-order chi connectivity index (χ1) is 8.15. The maximum atomic E-state index is 11.8. The smallest absolute Gasteiger partial charge is 0.252 e. The molecule has 0 fully saturated rings. The van der Waals surface area contributed by atoms with Gasteiger partial charge in [0.05, 0.1) is 5.56 Å². The number of hydrogen-bond acceptors (Lipinski definition) is 1. The van der Waals surface area contributed by atoms with Gasteiger partial charge in [-0.1, -0.05) is 15.9 Å². The van der Waals surface area contributed by atoms with Crippen molar-refractivity contribution in [2.24, 2.45) is 0 Å². The molecule has 0 bridgehead atoms. The first-order valence-corrected chi connectivity index (χ1v) is 6.90. The van der Waals surface area contributed by atoms with Gasteiger partial charge in [0, 0.05) is 21.9 Å². The van der Waals surface area contributed by atoms with E-state index in [9.17, 15) is 4.79 Å². The molecule has 1 amide bonds. The summed E-state index contributed by atoms with van der Waals surface area (Å²) in [6.45, 7) is 0.652. The molecule has 0 unspecified atom stereocenters. The lowest BCUT2D eigenvalue weighted by molar-refractivity contribution is 0.0952. The lowest BCUT2D eigenvalue weighted by Crippen LogP contribution is -2.24. The van der Waals surface area contributed by atoms with Crippen molar-refractivity contribution in [3.05, 3.63) is 32.7 Å². The summed E-state index contributed by atoms with van der Waals surface area (Å²) in [4.78, 5) is 11.8. The maximum Gasteiger partial charge on any atom is 0.252 e. The third-order valence-corrected chi connectivity index (χ3v) is 3.39. The molecule has 1 rings (SSSR count). The molecule has 1 aromatic carbocycles. The van der Waals surface area contributed by atoms with Gasteiger partial charge in [-0.15, -0.1) is 12.3 Å². The molecule has 0 saturated carbocycles. The van der Waals surface area contributed by atoms with Crippen molar-refractivity contribution in [1.82, 2.24) is 5.32 Å². The highest BCUT2D eigenvalue weighted by atomic mass is 79.9. The number of unbranched alkanes of at least 4 members (excludes halogenated alkanes) is 2. The summed E-state index contributed by atoms with van der Waals surface area (Å²) >= 11 is 6.70. The van der Waals surface area contributed by atoms with E-state index in [2.05, 4.69) is 43.1 Å². The Hall–Kier alpha value is -0.790. The Morgan fingerprint density at radius 3 is 2.82 bits per heavy atom. The zero-order valence-corrected chi connectivity index (χ0v) is 12.5. The molecule has 0 aliphatic rings. The van der Waals surface area contributed by atoms with Crippen molar-refractivity contribution in [2.75, 3.05) is 6.54 Å². The molecule has 0 aromatic heterocycles. The van der Waals surface area contributed by atoms with E-state index in [1.807, 2.05) is 12.1 Å². The van der Waals surface area contributed by atoms with E-state index in [-0.39, 0.29) is 5.91 Å². The number of rotatable bonds is 5. The van der Waals surface area contributed by atoms with E-state index in [0.717, 1.165) is 28.2 Å². The summed E-state index contributed by atoms with van der Waals surface area (Å²) in [5.74, 6) is 2.51. The zero-order valence-electron chi connectivity index (χ0n) is 9.30. The van der Waals surface area contributed by atoms with E-state index >= 15 is 0 Å². The van der Waals surface area contributed by atoms with Crippen LogP contribution in [0, 0.1) is 12.3 Å². The lowest BCUT2D eigenvalue weighted by Gasteiger charge is -2.06. The number of terminal acetylenes is 1. The molecule has 90 valence electrons. The van der Waals surface area contributed by atoms with Gasteiger partial charge in [0.15, 0.2) is 0 Å². The van der Waals surface area contributed by atoms with Crippen LogP contribution in [0.1, 0.15) is 29.6 Å².